The third-order valence-electron chi connectivity index (χ3n) is 6.51. The summed E-state index contributed by atoms with van der Waals surface area (Å²) in [5.41, 5.74) is 0.709. The summed E-state index contributed by atoms with van der Waals surface area (Å²) in [7, 11) is 0. The fraction of sp³-hybridized carbons (Fsp3) is 0.364. The highest BCUT2D eigenvalue weighted by Gasteiger charge is 2.67. The van der Waals surface area contributed by atoms with Crippen LogP contribution in [0.15, 0.2) is 48.9 Å². The van der Waals surface area contributed by atoms with Crippen molar-refractivity contribution < 1.29 is 13.9 Å². The van der Waals surface area contributed by atoms with Gasteiger partial charge in [0.25, 0.3) is 5.91 Å². The first-order chi connectivity index (χ1) is 15.5. The Morgan fingerprint density at radius 2 is 2.22 bits per heavy atom. The van der Waals surface area contributed by atoms with Crippen molar-refractivity contribution in [1.82, 2.24) is 24.9 Å². The number of likely N-dealkylation sites (tertiary alicyclic amines) is 1. The van der Waals surface area contributed by atoms with Gasteiger partial charge in [-0.1, -0.05) is 39.4 Å². The van der Waals surface area contributed by atoms with Crippen molar-refractivity contribution in [3.8, 4) is 11.6 Å². The maximum Gasteiger partial charge on any atom is 0.256 e. The molecule has 32 heavy (non-hydrogen) atoms. The van der Waals surface area contributed by atoms with Crippen LogP contribution in [0.5, 0.6) is 5.88 Å². The third-order valence-corrected chi connectivity index (χ3v) is 7.36. The molecular formula is C22H20ClFIN5O2. The Labute approximate surface area is 203 Å². The van der Waals surface area contributed by atoms with Crippen molar-refractivity contribution in [2.45, 2.75) is 30.8 Å². The van der Waals surface area contributed by atoms with Gasteiger partial charge in [-0.3, -0.25) is 4.79 Å². The number of benzene rings is 1. The fourth-order valence-corrected chi connectivity index (χ4v) is 5.77. The molecule has 1 amide bonds. The van der Waals surface area contributed by atoms with Crippen LogP contribution in [-0.4, -0.2) is 53.4 Å². The van der Waals surface area contributed by atoms with Crippen LogP contribution >= 0.6 is 34.2 Å². The minimum atomic E-state index is -0.416. The van der Waals surface area contributed by atoms with Gasteiger partial charge in [0.2, 0.25) is 5.88 Å². The third kappa shape index (κ3) is 3.55. The van der Waals surface area contributed by atoms with Crippen molar-refractivity contribution in [2.75, 3.05) is 11.0 Å². The lowest BCUT2D eigenvalue weighted by Gasteiger charge is -2.70. The van der Waals surface area contributed by atoms with Crippen molar-refractivity contribution >= 4 is 40.1 Å². The van der Waals surface area contributed by atoms with Gasteiger partial charge in [0.05, 0.1) is 35.4 Å². The van der Waals surface area contributed by atoms with Crippen molar-refractivity contribution in [1.29, 1.82) is 0 Å². The predicted molar refractivity (Wildman–Crippen MR) is 125 cm³/mol. The number of alkyl halides is 1. The molecule has 3 atom stereocenters. The second-order valence-electron chi connectivity index (χ2n) is 8.08. The number of carbonyl (C=O) groups is 1. The number of pyridine rings is 1. The van der Waals surface area contributed by atoms with Crippen molar-refractivity contribution in [2.24, 2.45) is 5.92 Å². The van der Waals surface area contributed by atoms with E-state index < -0.39 is 11.4 Å². The number of hydrogen-bond donors (Lipinski definition) is 0. The minimum Gasteiger partial charge on any atom is -0.475 e. The van der Waals surface area contributed by atoms with Gasteiger partial charge in [0.15, 0.2) is 0 Å². The molecule has 0 spiro atoms. The molecule has 10 heteroatoms. The molecule has 1 aliphatic heterocycles. The van der Waals surface area contributed by atoms with Gasteiger partial charge in [-0.05, 0) is 43.5 Å². The molecule has 3 unspecified atom stereocenters. The standard InChI is InChI=1S/C22H20ClFIN5O2/c23-14-1-3-18(29-10-9-27-28-29)16(11-14)21(31)30-19(6-8-25)17-5-7-22(17,30)13-32-20-4-2-15(24)12-26-20/h1-4,9-12,17,19H,5-8,13H2. The summed E-state index contributed by atoms with van der Waals surface area (Å²) in [6, 6.07) is 8.16. The summed E-state index contributed by atoms with van der Waals surface area (Å²) >= 11 is 8.62. The fourth-order valence-electron chi connectivity index (χ4n) is 4.96. The molecule has 1 saturated heterocycles. The molecule has 166 valence electrons. The van der Waals surface area contributed by atoms with E-state index in [0.29, 0.717) is 34.7 Å². The highest BCUT2D eigenvalue weighted by atomic mass is 127. The number of amides is 1. The monoisotopic (exact) mass is 567 g/mol. The average molecular weight is 568 g/mol. The van der Waals surface area contributed by atoms with Crippen molar-refractivity contribution in [3.05, 3.63) is 65.3 Å². The molecule has 3 heterocycles. The van der Waals surface area contributed by atoms with Crippen LogP contribution in [0.1, 0.15) is 29.6 Å². The Morgan fingerprint density at radius 1 is 1.34 bits per heavy atom. The van der Waals surface area contributed by atoms with Crippen LogP contribution in [0.3, 0.4) is 0 Å². The van der Waals surface area contributed by atoms with Gasteiger partial charge in [0.1, 0.15) is 12.4 Å². The number of carbonyl (C=O) groups excluding carboxylic acids is 1. The normalized spacial score (nSPS) is 23.8. The summed E-state index contributed by atoms with van der Waals surface area (Å²) < 4.78 is 21.6. The molecule has 2 aromatic heterocycles. The van der Waals surface area contributed by atoms with Crippen LogP contribution in [0.25, 0.3) is 5.69 Å². The Hall–Kier alpha value is -2.27. The first-order valence-electron chi connectivity index (χ1n) is 10.3. The molecule has 0 N–H and O–H groups in total. The van der Waals surface area contributed by atoms with E-state index in [1.807, 2.05) is 4.90 Å². The van der Waals surface area contributed by atoms with E-state index in [1.54, 1.807) is 35.3 Å². The molecule has 7 nitrogen and oxygen atoms in total. The summed E-state index contributed by atoms with van der Waals surface area (Å²) in [4.78, 5) is 19.9. The summed E-state index contributed by atoms with van der Waals surface area (Å²) in [5.74, 6) is 0.207. The number of ether oxygens (including phenoxy) is 1. The minimum absolute atomic E-state index is 0.0977. The van der Waals surface area contributed by atoms with Crippen LogP contribution < -0.4 is 4.74 Å². The first-order valence-corrected chi connectivity index (χ1v) is 12.2. The lowest BCUT2D eigenvalue weighted by Crippen LogP contribution is -2.81. The average Bonchev–Trinajstić information content (AvgIpc) is 3.31. The first kappa shape index (κ1) is 21.6. The lowest BCUT2D eigenvalue weighted by atomic mass is 9.54. The number of fused-ring (bicyclic) bond motifs is 1. The van der Waals surface area contributed by atoms with E-state index >= 15 is 0 Å². The number of rotatable bonds is 7. The maximum absolute atomic E-state index is 13.9. The quantitative estimate of drug-likeness (QED) is 0.314. The van der Waals surface area contributed by atoms with Crippen molar-refractivity contribution in [3.63, 3.8) is 0 Å². The SMILES string of the molecule is O=C(c1cc(Cl)ccc1-n1ccnn1)N1C(CCI)C2CCC21COc1ccc(F)cn1. The summed E-state index contributed by atoms with van der Waals surface area (Å²) in [6.07, 6.45) is 7.21. The summed E-state index contributed by atoms with van der Waals surface area (Å²) in [5, 5.41) is 8.40. The number of piperidine rings is 1. The van der Waals surface area contributed by atoms with Crippen LogP contribution in [0.2, 0.25) is 5.02 Å². The predicted octanol–water partition coefficient (Wildman–Crippen LogP) is 4.33. The number of aromatic nitrogens is 4. The second-order valence-corrected chi connectivity index (χ2v) is 9.60. The number of hydrogen-bond acceptors (Lipinski definition) is 5. The number of halogens is 3. The topological polar surface area (TPSA) is 73.1 Å². The van der Waals surface area contributed by atoms with Gasteiger partial charge in [-0.25, -0.2) is 14.1 Å². The molecule has 2 aliphatic rings. The molecule has 0 bridgehead atoms. The Kier molecular flexibility index (Phi) is 5.79. The van der Waals surface area contributed by atoms with Crippen LogP contribution in [0, 0.1) is 11.7 Å². The summed E-state index contributed by atoms with van der Waals surface area (Å²) in [6.45, 7) is 0.318. The van der Waals surface area contributed by atoms with Crippen LogP contribution in [-0.2, 0) is 0 Å². The highest BCUT2D eigenvalue weighted by molar-refractivity contribution is 14.1. The zero-order chi connectivity index (χ0) is 22.3. The van der Waals surface area contributed by atoms with E-state index in [9.17, 15) is 9.18 Å². The Bertz CT molecular complexity index is 1130. The van der Waals surface area contributed by atoms with E-state index in [4.69, 9.17) is 16.3 Å². The molecule has 1 saturated carbocycles. The molecule has 1 aliphatic carbocycles. The zero-order valence-electron chi connectivity index (χ0n) is 17.0. The van der Waals surface area contributed by atoms with E-state index in [0.717, 1.165) is 29.9 Å². The number of nitrogens with zero attached hydrogens (tertiary/aromatic N) is 5. The molecule has 2 fully saturated rings. The zero-order valence-corrected chi connectivity index (χ0v) is 19.9. The Morgan fingerprint density at radius 3 is 2.88 bits per heavy atom. The highest BCUT2D eigenvalue weighted by Crippen LogP contribution is 2.58. The van der Waals surface area contributed by atoms with Gasteiger partial charge in [-0.2, -0.15) is 0 Å². The maximum atomic E-state index is 13.9. The Balaban J connectivity index is 1.46. The molecule has 0 radical (unpaired) electrons. The molecule has 1 aromatic carbocycles. The lowest BCUT2D eigenvalue weighted by molar-refractivity contribution is -0.190. The van der Waals surface area contributed by atoms with Gasteiger partial charge >= 0.3 is 0 Å². The van der Waals surface area contributed by atoms with E-state index in [-0.39, 0.29) is 11.9 Å². The second kappa shape index (κ2) is 8.58. The van der Waals surface area contributed by atoms with Gasteiger partial charge < -0.3 is 9.64 Å². The van der Waals surface area contributed by atoms with Gasteiger partial charge in [0, 0.05) is 27.5 Å². The molecule has 5 rings (SSSR count). The molecule has 3 aromatic rings. The van der Waals surface area contributed by atoms with Gasteiger partial charge in [-0.15, -0.1) is 5.10 Å². The smallest absolute Gasteiger partial charge is 0.256 e. The largest absolute Gasteiger partial charge is 0.475 e. The molecular weight excluding hydrogens is 548 g/mol. The van der Waals surface area contributed by atoms with E-state index in [1.165, 1.54) is 12.1 Å². The van der Waals surface area contributed by atoms with Crippen LogP contribution in [0.4, 0.5) is 4.39 Å². The van der Waals surface area contributed by atoms with E-state index in [2.05, 4.69) is 37.9 Å².